The molecule has 1 aromatic carbocycles. The third-order valence-corrected chi connectivity index (χ3v) is 6.72. The van der Waals surface area contributed by atoms with Crippen LogP contribution in [-0.4, -0.2) is 61.4 Å². The van der Waals surface area contributed by atoms with Crippen LogP contribution in [0, 0.1) is 4.77 Å². The minimum Gasteiger partial charge on any atom is -0.383 e. The Bertz CT molecular complexity index is 949. The molecule has 1 aliphatic heterocycles. The van der Waals surface area contributed by atoms with Gasteiger partial charge in [-0.2, -0.15) is 5.10 Å². The fourth-order valence-electron chi connectivity index (χ4n) is 2.94. The van der Waals surface area contributed by atoms with Crippen LogP contribution in [0.4, 0.5) is 5.69 Å². The second kappa shape index (κ2) is 7.47. The number of rotatable bonds is 7. The molecule has 1 aromatic heterocycles. The Labute approximate surface area is 158 Å². The molecule has 2 aromatic rings. The Morgan fingerprint density at radius 2 is 2.12 bits per heavy atom. The van der Waals surface area contributed by atoms with Gasteiger partial charge in [-0.1, -0.05) is 0 Å². The van der Waals surface area contributed by atoms with Crippen molar-refractivity contribution < 1.29 is 13.2 Å². The largest absolute Gasteiger partial charge is 0.383 e. The van der Waals surface area contributed by atoms with Crippen LogP contribution in [0.1, 0.15) is 5.56 Å². The molecule has 0 fully saturated rings. The molecule has 0 saturated heterocycles. The molecule has 142 valence electrons. The number of nitrogens with zero attached hydrogens (tertiary/aromatic N) is 5. The highest BCUT2D eigenvalue weighted by molar-refractivity contribution is 7.89. The first-order valence-corrected chi connectivity index (χ1v) is 10.1. The lowest BCUT2D eigenvalue weighted by Gasteiger charge is -2.19. The topological polar surface area (TPSA) is 72.6 Å². The number of sulfonamides is 1. The summed E-state index contributed by atoms with van der Waals surface area (Å²) in [5, 5.41) is 4.36. The fourth-order valence-corrected chi connectivity index (χ4v) is 4.13. The number of benzene rings is 1. The number of anilines is 1. The van der Waals surface area contributed by atoms with Crippen molar-refractivity contribution in [3.63, 3.8) is 0 Å². The van der Waals surface area contributed by atoms with Crippen molar-refractivity contribution in [3.05, 3.63) is 34.9 Å². The summed E-state index contributed by atoms with van der Waals surface area (Å²) < 4.78 is 35.2. The van der Waals surface area contributed by atoms with Crippen molar-refractivity contribution in [2.45, 2.75) is 24.5 Å². The Kier molecular flexibility index (Phi) is 5.47. The molecular weight excluding hydrogens is 374 g/mol. The minimum absolute atomic E-state index is 0.323. The van der Waals surface area contributed by atoms with Crippen LogP contribution in [0.15, 0.2) is 29.4 Å². The Morgan fingerprint density at radius 1 is 1.35 bits per heavy atom. The van der Waals surface area contributed by atoms with Crippen molar-refractivity contribution in [3.8, 4) is 0 Å². The lowest BCUT2D eigenvalue weighted by Crippen LogP contribution is -2.25. The van der Waals surface area contributed by atoms with Gasteiger partial charge in [-0.05, 0) is 42.4 Å². The second-order valence-corrected chi connectivity index (χ2v) is 8.85. The van der Waals surface area contributed by atoms with E-state index in [0.717, 1.165) is 24.2 Å². The average molecular weight is 398 g/mol. The number of hydrogen-bond acceptors (Lipinski definition) is 6. The van der Waals surface area contributed by atoms with Crippen LogP contribution in [0.5, 0.6) is 0 Å². The van der Waals surface area contributed by atoms with Crippen LogP contribution in [0.3, 0.4) is 0 Å². The Balaban J connectivity index is 1.81. The Morgan fingerprint density at radius 3 is 2.81 bits per heavy atom. The molecule has 0 unspecified atom stereocenters. The molecule has 0 radical (unpaired) electrons. The van der Waals surface area contributed by atoms with Crippen molar-refractivity contribution in [1.82, 2.24) is 18.7 Å². The lowest BCUT2D eigenvalue weighted by molar-refractivity contribution is 0.186. The van der Waals surface area contributed by atoms with E-state index in [1.807, 2.05) is 10.6 Å². The van der Waals surface area contributed by atoms with E-state index >= 15 is 0 Å². The molecule has 10 heteroatoms. The zero-order valence-electron chi connectivity index (χ0n) is 15.1. The van der Waals surface area contributed by atoms with Crippen molar-refractivity contribution >= 4 is 27.9 Å². The molecule has 0 N–H and O–H groups in total. The summed E-state index contributed by atoms with van der Waals surface area (Å²) in [7, 11) is 1.31. The molecule has 0 aliphatic carbocycles. The van der Waals surface area contributed by atoms with Crippen LogP contribution >= 0.6 is 12.2 Å². The monoisotopic (exact) mass is 397 g/mol. The maximum Gasteiger partial charge on any atom is 0.242 e. The lowest BCUT2D eigenvalue weighted by atomic mass is 10.2. The highest BCUT2D eigenvalue weighted by Crippen LogP contribution is 2.31. The normalized spacial score (nSPS) is 14.2. The van der Waals surface area contributed by atoms with Crippen LogP contribution in [0.2, 0.25) is 0 Å². The third-order valence-electron chi connectivity index (χ3n) is 4.46. The number of aromatic nitrogens is 3. The summed E-state index contributed by atoms with van der Waals surface area (Å²) >= 11 is 5.47. The van der Waals surface area contributed by atoms with Gasteiger partial charge in [0.15, 0.2) is 4.77 Å². The zero-order chi connectivity index (χ0) is 18.9. The molecule has 0 amide bonds. The van der Waals surface area contributed by atoms with E-state index in [1.54, 1.807) is 30.3 Å². The van der Waals surface area contributed by atoms with Crippen LogP contribution < -0.4 is 4.90 Å². The van der Waals surface area contributed by atoms with Gasteiger partial charge in [-0.15, -0.1) is 0 Å². The van der Waals surface area contributed by atoms with Crippen molar-refractivity contribution in [2.75, 3.05) is 39.3 Å². The van der Waals surface area contributed by atoms with Crippen LogP contribution in [-0.2, 0) is 34.4 Å². The molecule has 2 heterocycles. The average Bonchev–Trinajstić information content (AvgIpc) is 3.17. The highest BCUT2D eigenvalue weighted by Gasteiger charge is 2.24. The number of fused-ring (bicyclic) bond motifs is 1. The number of ether oxygens (including phenoxy) is 1. The van der Waals surface area contributed by atoms with Gasteiger partial charge in [0, 0.05) is 40.0 Å². The molecular formula is C16H23N5O3S2. The molecule has 0 atom stereocenters. The molecule has 0 bridgehead atoms. The predicted molar refractivity (Wildman–Crippen MR) is 101 cm³/mol. The standard InChI is InChI=1S/C16H23N5O3S2/c1-18(2)26(22,23)14-4-5-15-13(10-14)6-7-20(15)12-21-16(25)19(11-17-21)8-9-24-3/h4-5,10-11H,6-9,12H2,1-3H3. The first-order chi connectivity index (χ1) is 12.3. The zero-order valence-corrected chi connectivity index (χ0v) is 16.8. The van der Waals surface area contributed by atoms with Gasteiger partial charge in [0.1, 0.15) is 13.0 Å². The summed E-state index contributed by atoms with van der Waals surface area (Å²) in [6, 6.07) is 5.29. The molecule has 3 rings (SSSR count). The van der Waals surface area contributed by atoms with Gasteiger partial charge in [0.05, 0.1) is 11.5 Å². The molecule has 1 aliphatic rings. The minimum atomic E-state index is -3.42. The third kappa shape index (κ3) is 3.54. The summed E-state index contributed by atoms with van der Waals surface area (Å²) in [5.74, 6) is 0. The first-order valence-electron chi connectivity index (χ1n) is 8.26. The van der Waals surface area contributed by atoms with Gasteiger partial charge in [0.2, 0.25) is 10.0 Å². The van der Waals surface area contributed by atoms with Crippen LogP contribution in [0.25, 0.3) is 0 Å². The van der Waals surface area contributed by atoms with E-state index in [9.17, 15) is 8.42 Å². The van der Waals surface area contributed by atoms with Gasteiger partial charge in [0.25, 0.3) is 0 Å². The van der Waals surface area contributed by atoms with Crippen molar-refractivity contribution in [2.24, 2.45) is 0 Å². The van der Waals surface area contributed by atoms with E-state index in [-0.39, 0.29) is 0 Å². The SMILES string of the molecule is COCCn1cnn(CN2CCc3cc(S(=O)(=O)N(C)C)ccc32)c1=S. The fraction of sp³-hybridized carbons (Fsp3) is 0.500. The van der Waals surface area contributed by atoms with Gasteiger partial charge in [-0.3, -0.25) is 0 Å². The van der Waals surface area contributed by atoms with Gasteiger partial charge < -0.3 is 14.2 Å². The quantitative estimate of drug-likeness (QED) is 0.657. The summed E-state index contributed by atoms with van der Waals surface area (Å²) in [6.07, 6.45) is 2.51. The van der Waals surface area contributed by atoms with E-state index in [0.29, 0.717) is 29.5 Å². The highest BCUT2D eigenvalue weighted by atomic mass is 32.2. The number of methoxy groups -OCH3 is 1. The summed E-state index contributed by atoms with van der Waals surface area (Å²) in [6.45, 7) is 2.58. The van der Waals surface area contributed by atoms with Crippen molar-refractivity contribution in [1.29, 1.82) is 0 Å². The predicted octanol–water partition coefficient (Wildman–Crippen LogP) is 1.33. The summed E-state index contributed by atoms with van der Waals surface area (Å²) in [5.41, 5.74) is 2.05. The molecule has 26 heavy (non-hydrogen) atoms. The molecule has 0 saturated carbocycles. The first kappa shape index (κ1) is 19.0. The smallest absolute Gasteiger partial charge is 0.242 e. The Hall–Kier alpha value is -1.75. The molecule has 8 nitrogen and oxygen atoms in total. The maximum absolute atomic E-state index is 12.3. The van der Waals surface area contributed by atoms with E-state index in [2.05, 4.69) is 10.00 Å². The van der Waals surface area contributed by atoms with E-state index in [4.69, 9.17) is 17.0 Å². The maximum atomic E-state index is 12.3. The van der Waals surface area contributed by atoms with Gasteiger partial charge >= 0.3 is 0 Å². The summed E-state index contributed by atoms with van der Waals surface area (Å²) in [4.78, 5) is 2.48. The van der Waals surface area contributed by atoms with E-state index in [1.165, 1.54) is 18.4 Å². The second-order valence-electron chi connectivity index (χ2n) is 6.33. The van der Waals surface area contributed by atoms with E-state index < -0.39 is 10.0 Å². The number of hydrogen-bond donors (Lipinski definition) is 0. The van der Waals surface area contributed by atoms with Gasteiger partial charge in [-0.25, -0.2) is 17.4 Å². The molecule has 0 spiro atoms.